The lowest BCUT2D eigenvalue weighted by atomic mass is 10.2. The van der Waals surface area contributed by atoms with E-state index < -0.39 is 0 Å². The molecule has 0 radical (unpaired) electrons. The van der Waals surface area contributed by atoms with Crippen molar-refractivity contribution >= 4 is 11.8 Å². The van der Waals surface area contributed by atoms with Crippen molar-refractivity contribution in [3.8, 4) is 0 Å². The fourth-order valence-corrected chi connectivity index (χ4v) is 4.18. The van der Waals surface area contributed by atoms with E-state index in [-0.39, 0.29) is 11.8 Å². The molecule has 0 unspecified atom stereocenters. The second-order valence-corrected chi connectivity index (χ2v) is 11.3. The molecule has 0 rings (SSSR count). The first-order valence-electron chi connectivity index (χ1n) is 18.4. The van der Waals surface area contributed by atoms with Crippen molar-refractivity contribution in [3.63, 3.8) is 0 Å². The first-order valence-corrected chi connectivity index (χ1v) is 18.4. The first-order chi connectivity index (χ1) is 23.7. The van der Waals surface area contributed by atoms with Crippen LogP contribution in [0.25, 0.3) is 0 Å². The van der Waals surface area contributed by atoms with Gasteiger partial charge in [0.25, 0.3) is 0 Å². The molecule has 0 saturated carbocycles. The van der Waals surface area contributed by atoms with Crippen LogP contribution in [0.3, 0.4) is 0 Å². The van der Waals surface area contributed by atoms with Gasteiger partial charge in [-0.2, -0.15) is 0 Å². The van der Waals surface area contributed by atoms with Crippen molar-refractivity contribution < 1.29 is 9.59 Å². The Kier molecular flexibility index (Phi) is 36.1. The molecule has 0 aliphatic carbocycles. The van der Waals surface area contributed by atoms with E-state index in [1.165, 1.54) is 0 Å². The predicted molar refractivity (Wildman–Crippen MR) is 212 cm³/mol. The Labute approximate surface area is 294 Å². The lowest BCUT2D eigenvalue weighted by Crippen LogP contribution is -2.34. The number of carbonyl (C=O) groups is 2. The molecule has 0 aromatic carbocycles. The molecule has 4 heteroatoms. The topological polar surface area (TPSA) is 58.2 Å². The van der Waals surface area contributed by atoms with Crippen molar-refractivity contribution in [1.82, 2.24) is 10.6 Å². The van der Waals surface area contributed by atoms with Crippen molar-refractivity contribution in [2.24, 2.45) is 0 Å². The van der Waals surface area contributed by atoms with E-state index in [0.717, 1.165) is 89.9 Å². The maximum atomic E-state index is 12.0. The Morgan fingerprint density at radius 3 is 0.958 bits per heavy atom. The third-order valence-corrected chi connectivity index (χ3v) is 6.84. The molecule has 4 nitrogen and oxygen atoms in total. The zero-order valence-electron chi connectivity index (χ0n) is 30.2. The summed E-state index contributed by atoms with van der Waals surface area (Å²) in [6, 6.07) is 0. The highest BCUT2D eigenvalue weighted by molar-refractivity contribution is 5.77. The molecule has 264 valence electrons. The molecule has 0 spiro atoms. The minimum atomic E-state index is 0.0159. The molecule has 0 heterocycles. The van der Waals surface area contributed by atoms with E-state index in [1.54, 1.807) is 0 Å². The molecule has 0 fully saturated rings. The Hall–Kier alpha value is -3.92. The largest absolute Gasteiger partial charge is 0.354 e. The van der Waals surface area contributed by atoms with Crippen LogP contribution in [-0.4, -0.2) is 24.9 Å². The summed E-state index contributed by atoms with van der Waals surface area (Å²) in [5, 5.41) is 5.76. The molecule has 0 aromatic heterocycles. The highest BCUT2D eigenvalue weighted by Crippen LogP contribution is 2.00. The van der Waals surface area contributed by atoms with Gasteiger partial charge in [0.05, 0.1) is 0 Å². The molecule has 0 atom stereocenters. The number of rotatable bonds is 30. The Bertz CT molecular complexity index is 1090. The molecule has 48 heavy (non-hydrogen) atoms. The number of allylic oxidation sites excluding steroid dienone is 22. The van der Waals surface area contributed by atoms with Crippen molar-refractivity contribution in [2.45, 2.75) is 117 Å². The van der Waals surface area contributed by atoms with E-state index in [1.807, 2.05) is 0 Å². The van der Waals surface area contributed by atoms with Crippen molar-refractivity contribution in [1.29, 1.82) is 0 Å². The van der Waals surface area contributed by atoms with Crippen LogP contribution >= 0.6 is 0 Å². The van der Waals surface area contributed by atoms with Gasteiger partial charge < -0.3 is 10.6 Å². The lowest BCUT2D eigenvalue weighted by molar-refractivity contribution is -0.122. The molecule has 2 amide bonds. The van der Waals surface area contributed by atoms with Gasteiger partial charge in [0.2, 0.25) is 11.8 Å². The van der Waals surface area contributed by atoms with Gasteiger partial charge in [-0.3, -0.25) is 9.59 Å². The van der Waals surface area contributed by atoms with Crippen LogP contribution in [0, 0.1) is 0 Å². The highest BCUT2D eigenvalue weighted by atomic mass is 16.2. The second kappa shape index (κ2) is 39.3. The van der Waals surface area contributed by atoms with E-state index >= 15 is 0 Å². The second-order valence-electron chi connectivity index (χ2n) is 11.3. The van der Waals surface area contributed by atoms with Gasteiger partial charge in [0.1, 0.15) is 0 Å². The number of hydrogen-bond donors (Lipinski definition) is 2. The maximum absolute atomic E-state index is 12.0. The van der Waals surface area contributed by atoms with E-state index in [4.69, 9.17) is 0 Å². The molecule has 0 saturated heterocycles. The quantitative estimate of drug-likeness (QED) is 0.0598. The minimum absolute atomic E-state index is 0.0159. The minimum Gasteiger partial charge on any atom is -0.354 e. The maximum Gasteiger partial charge on any atom is 0.220 e. The summed E-state index contributed by atoms with van der Waals surface area (Å²) in [5.74, 6) is 0.0525. The van der Waals surface area contributed by atoms with Gasteiger partial charge in [-0.15, -0.1) is 0 Å². The van der Waals surface area contributed by atoms with Crippen LogP contribution in [0.15, 0.2) is 134 Å². The SMILES string of the molecule is CCC=CCC=CCC=CCC=CCC=CCC=CCCC(=O)NCCNC(=O)CCC/C=C\C/C=C\CC=CCC=CC/C=C\CC. The predicted octanol–water partition coefficient (Wildman–Crippen LogP) is 11.6. The summed E-state index contributed by atoms with van der Waals surface area (Å²) in [5.41, 5.74) is 0. The van der Waals surface area contributed by atoms with Crippen molar-refractivity contribution in [3.05, 3.63) is 134 Å². The standard InChI is InChI=1S/C44H66N2O2/c1-3-5-7-9-11-13-15-17-19-21-22-24-26-28-30-32-34-36-38-40-44(48)46-42-41-45-43(47)39-37-35-33-31-29-27-25-23-20-18-16-14-12-10-8-6-4-2/h5-8,11-14,17-20,22,24-25,27-28,30-31,33-34,36H,3-4,9-10,15-16,21,23,26,29,32,35,37-42H2,1-2H3,(H,45,47)(H,46,48)/b7-5?,8-6-,13-11?,14-12?,19-17?,20-18?,24-22?,27-25-,30-28?,33-31-,36-34?. The Morgan fingerprint density at radius 2 is 0.625 bits per heavy atom. The Morgan fingerprint density at radius 1 is 0.354 bits per heavy atom. The number of nitrogens with one attached hydrogen (secondary N) is 2. The number of carbonyl (C=O) groups excluding carboxylic acids is 2. The first kappa shape index (κ1) is 44.1. The summed E-state index contributed by atoms with van der Waals surface area (Å²) >= 11 is 0. The molecular formula is C44H66N2O2. The molecule has 2 N–H and O–H groups in total. The third-order valence-electron chi connectivity index (χ3n) is 6.84. The van der Waals surface area contributed by atoms with Gasteiger partial charge in [-0.05, 0) is 89.9 Å². The molecule has 0 aromatic rings. The van der Waals surface area contributed by atoms with Gasteiger partial charge in [0, 0.05) is 25.9 Å². The molecule has 0 aliphatic rings. The fourth-order valence-electron chi connectivity index (χ4n) is 4.18. The number of unbranched alkanes of at least 4 members (excludes halogenated alkanes) is 1. The van der Waals surface area contributed by atoms with E-state index in [2.05, 4.69) is 158 Å². The van der Waals surface area contributed by atoms with Crippen LogP contribution in [0.4, 0.5) is 0 Å². The van der Waals surface area contributed by atoms with E-state index in [0.29, 0.717) is 25.9 Å². The average molecular weight is 655 g/mol. The molecule has 0 aliphatic heterocycles. The van der Waals surface area contributed by atoms with Crippen molar-refractivity contribution in [2.75, 3.05) is 13.1 Å². The third kappa shape index (κ3) is 38.3. The monoisotopic (exact) mass is 655 g/mol. The number of hydrogen-bond acceptors (Lipinski definition) is 2. The zero-order valence-corrected chi connectivity index (χ0v) is 30.2. The van der Waals surface area contributed by atoms with Crippen LogP contribution in [0.2, 0.25) is 0 Å². The normalized spacial score (nSPS) is 13.1. The lowest BCUT2D eigenvalue weighted by Gasteiger charge is -2.06. The highest BCUT2D eigenvalue weighted by Gasteiger charge is 2.01. The smallest absolute Gasteiger partial charge is 0.220 e. The fraction of sp³-hybridized carbons (Fsp3) is 0.455. The average Bonchev–Trinajstić information content (AvgIpc) is 3.09. The zero-order chi connectivity index (χ0) is 34.9. The summed E-state index contributed by atoms with van der Waals surface area (Å²) in [7, 11) is 0. The summed E-state index contributed by atoms with van der Waals surface area (Å²) < 4.78 is 0. The van der Waals surface area contributed by atoms with Gasteiger partial charge in [-0.1, -0.05) is 148 Å². The van der Waals surface area contributed by atoms with Gasteiger partial charge in [-0.25, -0.2) is 0 Å². The summed E-state index contributed by atoms with van der Waals surface area (Å²) in [4.78, 5) is 24.0. The van der Waals surface area contributed by atoms with Crippen LogP contribution in [0.5, 0.6) is 0 Å². The Balaban J connectivity index is 3.63. The summed E-state index contributed by atoms with van der Waals surface area (Å²) in [6.07, 6.45) is 62.3. The molecular weight excluding hydrogens is 588 g/mol. The summed E-state index contributed by atoms with van der Waals surface area (Å²) in [6.45, 7) is 5.23. The van der Waals surface area contributed by atoms with Gasteiger partial charge in [0.15, 0.2) is 0 Å². The number of amides is 2. The van der Waals surface area contributed by atoms with E-state index in [9.17, 15) is 9.59 Å². The van der Waals surface area contributed by atoms with Crippen LogP contribution in [0.1, 0.15) is 117 Å². The van der Waals surface area contributed by atoms with Gasteiger partial charge >= 0.3 is 0 Å². The van der Waals surface area contributed by atoms with Crippen LogP contribution < -0.4 is 10.6 Å². The van der Waals surface area contributed by atoms with Crippen LogP contribution in [-0.2, 0) is 9.59 Å². The molecule has 0 bridgehead atoms.